The van der Waals surface area contributed by atoms with E-state index < -0.39 is 0 Å². The number of aromatic nitrogens is 3. The second-order valence-corrected chi connectivity index (χ2v) is 6.74. The van der Waals surface area contributed by atoms with Crippen molar-refractivity contribution in [1.29, 1.82) is 0 Å². The number of hydrogen-bond donors (Lipinski definition) is 2. The fraction of sp³-hybridized carbons (Fsp3) is 0.412. The molecule has 25 heavy (non-hydrogen) atoms. The van der Waals surface area contributed by atoms with Crippen molar-refractivity contribution in [3.8, 4) is 0 Å². The molecule has 7 nitrogen and oxygen atoms in total. The van der Waals surface area contributed by atoms with E-state index in [0.717, 1.165) is 12.1 Å². The quantitative estimate of drug-likeness (QED) is 0.700. The van der Waals surface area contributed by atoms with Gasteiger partial charge in [-0.25, -0.2) is 0 Å². The van der Waals surface area contributed by atoms with Crippen LogP contribution in [0.25, 0.3) is 0 Å². The zero-order chi connectivity index (χ0) is 18.2. The number of nitrogens with zero attached hydrogens (tertiary/aromatic N) is 4. The van der Waals surface area contributed by atoms with Gasteiger partial charge in [-0.2, -0.15) is 15.0 Å². The number of thioether (sulfide) groups is 1. The molecule has 2 N–H and O–H groups in total. The summed E-state index contributed by atoms with van der Waals surface area (Å²) in [6.45, 7) is 4.16. The number of hydrogen-bond acceptors (Lipinski definition) is 7. The molecule has 0 spiro atoms. The minimum Gasteiger partial charge on any atom is -0.352 e. The van der Waals surface area contributed by atoms with Gasteiger partial charge in [-0.15, -0.1) is 0 Å². The summed E-state index contributed by atoms with van der Waals surface area (Å²) in [5.41, 5.74) is 0.775. The molecular formula is C17H24N6OS. The zero-order valence-corrected chi connectivity index (χ0v) is 15.8. The van der Waals surface area contributed by atoms with Gasteiger partial charge >= 0.3 is 0 Å². The van der Waals surface area contributed by atoms with E-state index in [1.54, 1.807) is 0 Å². The van der Waals surface area contributed by atoms with E-state index >= 15 is 0 Å². The molecule has 1 amide bonds. The van der Waals surface area contributed by atoms with Gasteiger partial charge in [0.2, 0.25) is 17.8 Å². The zero-order valence-electron chi connectivity index (χ0n) is 15.0. The van der Waals surface area contributed by atoms with Crippen molar-refractivity contribution >= 4 is 35.3 Å². The Morgan fingerprint density at radius 1 is 1.20 bits per heavy atom. The Morgan fingerprint density at radius 3 is 2.56 bits per heavy atom. The van der Waals surface area contributed by atoms with E-state index in [-0.39, 0.29) is 17.7 Å². The van der Waals surface area contributed by atoms with E-state index in [9.17, 15) is 4.79 Å². The molecule has 0 aliphatic rings. The first-order valence-corrected chi connectivity index (χ1v) is 9.14. The minimum atomic E-state index is -0.0977. The molecule has 1 aromatic heterocycles. The first-order chi connectivity index (χ1) is 12.0. The minimum absolute atomic E-state index is 0.0977. The van der Waals surface area contributed by atoms with Crippen molar-refractivity contribution in [3.05, 3.63) is 30.3 Å². The first-order valence-electron chi connectivity index (χ1n) is 8.15. The van der Waals surface area contributed by atoms with E-state index in [2.05, 4.69) is 39.4 Å². The molecule has 0 bridgehead atoms. The molecule has 0 fully saturated rings. The van der Waals surface area contributed by atoms with Crippen LogP contribution in [0.4, 0.5) is 17.6 Å². The maximum atomic E-state index is 12.1. The van der Waals surface area contributed by atoms with Crippen LogP contribution in [-0.4, -0.2) is 46.7 Å². The Balaban J connectivity index is 2.03. The number of carbonyl (C=O) groups excluding carboxylic acids is 1. The van der Waals surface area contributed by atoms with Crippen molar-refractivity contribution in [2.24, 2.45) is 0 Å². The van der Waals surface area contributed by atoms with Crippen LogP contribution in [0.15, 0.2) is 35.5 Å². The van der Waals surface area contributed by atoms with E-state index in [0.29, 0.717) is 17.1 Å². The van der Waals surface area contributed by atoms with Gasteiger partial charge in [-0.3, -0.25) is 4.79 Å². The molecule has 2 aromatic rings. The predicted octanol–water partition coefficient (Wildman–Crippen LogP) is 2.88. The molecule has 0 radical (unpaired) electrons. The third kappa shape index (κ3) is 6.22. The normalized spacial score (nSPS) is 11.7. The average molecular weight is 360 g/mol. The summed E-state index contributed by atoms with van der Waals surface area (Å²) in [5, 5.41) is 6.62. The van der Waals surface area contributed by atoms with Gasteiger partial charge in [0, 0.05) is 25.8 Å². The summed E-state index contributed by atoms with van der Waals surface area (Å²) >= 11 is 1.29. The molecule has 134 valence electrons. The third-order valence-corrected chi connectivity index (χ3v) is 4.23. The van der Waals surface area contributed by atoms with E-state index in [1.165, 1.54) is 11.8 Å². The van der Waals surface area contributed by atoms with Crippen LogP contribution < -0.4 is 15.5 Å². The molecule has 0 aliphatic heterocycles. The highest BCUT2D eigenvalue weighted by Gasteiger charge is 2.12. The second kappa shape index (κ2) is 9.22. The van der Waals surface area contributed by atoms with E-state index in [4.69, 9.17) is 0 Å². The van der Waals surface area contributed by atoms with Crippen LogP contribution in [0.2, 0.25) is 0 Å². The molecule has 8 heteroatoms. The summed E-state index contributed by atoms with van der Waals surface area (Å²) in [6.07, 6.45) is 0.963. The lowest BCUT2D eigenvalue weighted by molar-refractivity contribution is -0.113. The molecular weight excluding hydrogens is 336 g/mol. The van der Waals surface area contributed by atoms with Crippen molar-refractivity contribution in [2.45, 2.75) is 31.5 Å². The summed E-state index contributed by atoms with van der Waals surface area (Å²) in [4.78, 5) is 27.1. The lowest BCUT2D eigenvalue weighted by Gasteiger charge is -2.15. The average Bonchev–Trinajstić information content (AvgIpc) is 2.60. The van der Waals surface area contributed by atoms with Gasteiger partial charge in [0.1, 0.15) is 0 Å². The Kier molecular flexibility index (Phi) is 7.00. The highest BCUT2D eigenvalue weighted by atomic mass is 32.2. The standard InChI is InChI=1S/C17H24N6OS/c1-5-12(2)18-15-20-16(23(3)4)22-17(21-15)25-11-14(24)19-13-9-7-6-8-10-13/h6-10,12H,5,11H2,1-4H3,(H,19,24)(H,18,20,21,22). The van der Waals surface area contributed by atoms with Crippen molar-refractivity contribution in [3.63, 3.8) is 0 Å². The molecule has 2 rings (SSSR count). The van der Waals surface area contributed by atoms with Crippen molar-refractivity contribution in [2.75, 3.05) is 35.4 Å². The van der Waals surface area contributed by atoms with Gasteiger partial charge in [0.05, 0.1) is 5.75 Å². The number of anilines is 3. The molecule has 0 aliphatic carbocycles. The van der Waals surface area contributed by atoms with Gasteiger partial charge in [-0.1, -0.05) is 36.9 Å². The second-order valence-electron chi connectivity index (χ2n) is 5.79. The maximum absolute atomic E-state index is 12.1. The van der Waals surface area contributed by atoms with Crippen LogP contribution in [0, 0.1) is 0 Å². The topological polar surface area (TPSA) is 83.0 Å². The lowest BCUT2D eigenvalue weighted by Crippen LogP contribution is -2.20. The van der Waals surface area contributed by atoms with Gasteiger partial charge < -0.3 is 15.5 Å². The predicted molar refractivity (Wildman–Crippen MR) is 103 cm³/mol. The van der Waals surface area contributed by atoms with Crippen LogP contribution in [0.5, 0.6) is 0 Å². The number of nitrogens with one attached hydrogen (secondary N) is 2. The molecule has 0 saturated carbocycles. The summed E-state index contributed by atoms with van der Waals surface area (Å²) in [7, 11) is 3.75. The molecule has 1 aromatic carbocycles. The molecule has 1 atom stereocenters. The van der Waals surface area contributed by atoms with Gasteiger partial charge in [0.15, 0.2) is 5.16 Å². The fourth-order valence-electron chi connectivity index (χ4n) is 1.85. The highest BCUT2D eigenvalue weighted by Crippen LogP contribution is 2.19. The van der Waals surface area contributed by atoms with Crippen LogP contribution in [-0.2, 0) is 4.79 Å². The Hall–Kier alpha value is -2.35. The molecule has 1 heterocycles. The van der Waals surface area contributed by atoms with Crippen LogP contribution in [0.1, 0.15) is 20.3 Å². The monoisotopic (exact) mass is 360 g/mol. The van der Waals surface area contributed by atoms with Gasteiger partial charge in [-0.05, 0) is 25.5 Å². The highest BCUT2D eigenvalue weighted by molar-refractivity contribution is 7.99. The first kappa shape index (κ1) is 19.0. The summed E-state index contributed by atoms with van der Waals surface area (Å²) < 4.78 is 0. The van der Waals surface area contributed by atoms with Crippen LogP contribution in [0.3, 0.4) is 0 Å². The molecule has 1 unspecified atom stereocenters. The Labute approximate surface area is 152 Å². The maximum Gasteiger partial charge on any atom is 0.234 e. The summed E-state index contributed by atoms with van der Waals surface area (Å²) in [6, 6.07) is 9.63. The van der Waals surface area contributed by atoms with Crippen molar-refractivity contribution in [1.82, 2.24) is 15.0 Å². The van der Waals surface area contributed by atoms with Gasteiger partial charge in [0.25, 0.3) is 0 Å². The largest absolute Gasteiger partial charge is 0.352 e. The summed E-state index contributed by atoms with van der Waals surface area (Å²) in [5.74, 6) is 1.22. The number of para-hydroxylation sites is 1. The SMILES string of the molecule is CCC(C)Nc1nc(SCC(=O)Nc2ccccc2)nc(N(C)C)n1. The molecule has 0 saturated heterocycles. The third-order valence-electron chi connectivity index (χ3n) is 3.38. The lowest BCUT2D eigenvalue weighted by atomic mass is 10.3. The Bertz CT molecular complexity index is 695. The number of carbonyl (C=O) groups is 1. The van der Waals surface area contributed by atoms with Crippen LogP contribution >= 0.6 is 11.8 Å². The number of amides is 1. The van der Waals surface area contributed by atoms with E-state index in [1.807, 2.05) is 49.3 Å². The fourth-order valence-corrected chi connectivity index (χ4v) is 2.48. The number of rotatable bonds is 8. The Morgan fingerprint density at radius 2 is 1.92 bits per heavy atom. The van der Waals surface area contributed by atoms with Crippen molar-refractivity contribution < 1.29 is 4.79 Å². The smallest absolute Gasteiger partial charge is 0.234 e. The number of benzene rings is 1.